The van der Waals surface area contributed by atoms with Crippen molar-refractivity contribution in [2.45, 2.75) is 26.7 Å². The van der Waals surface area contributed by atoms with E-state index in [0.29, 0.717) is 37.4 Å². The molecule has 152 valence electrons. The molecule has 0 aliphatic carbocycles. The van der Waals surface area contributed by atoms with Crippen LogP contribution in [-0.4, -0.2) is 31.1 Å². The zero-order valence-electron chi connectivity index (χ0n) is 16.9. The molecule has 29 heavy (non-hydrogen) atoms. The first kappa shape index (κ1) is 20.9. The smallest absolute Gasteiger partial charge is 0.166 e. The summed E-state index contributed by atoms with van der Waals surface area (Å²) in [4.78, 5) is 17.3. The minimum absolute atomic E-state index is 0.0525. The first-order chi connectivity index (χ1) is 14.2. The summed E-state index contributed by atoms with van der Waals surface area (Å²) in [6.07, 6.45) is 0.972. The number of hydrogen-bond donors (Lipinski definition) is 0. The van der Waals surface area contributed by atoms with Crippen molar-refractivity contribution in [2.24, 2.45) is 0 Å². The summed E-state index contributed by atoms with van der Waals surface area (Å²) < 4.78 is 16.6. The van der Waals surface area contributed by atoms with Crippen molar-refractivity contribution in [3.05, 3.63) is 59.1 Å². The van der Waals surface area contributed by atoms with Gasteiger partial charge in [-0.05, 0) is 50.6 Å². The number of carbonyl (C=O) groups excluding carboxylic acids is 1. The van der Waals surface area contributed by atoms with Gasteiger partial charge in [-0.15, -0.1) is 11.3 Å². The van der Waals surface area contributed by atoms with E-state index in [1.165, 1.54) is 0 Å². The summed E-state index contributed by atoms with van der Waals surface area (Å²) in [5.74, 6) is 2.11. The second-order valence-electron chi connectivity index (χ2n) is 6.29. The Kier molecular flexibility index (Phi) is 7.25. The normalized spacial score (nSPS) is 10.6. The van der Waals surface area contributed by atoms with Gasteiger partial charge in [-0.2, -0.15) is 0 Å². The van der Waals surface area contributed by atoms with E-state index in [1.807, 2.05) is 49.6 Å². The fraction of sp³-hybridized carbons (Fsp3) is 0.304. The summed E-state index contributed by atoms with van der Waals surface area (Å²) in [5, 5.41) is 2.90. The molecule has 0 bridgehead atoms. The molecule has 0 aliphatic heterocycles. The molecular weight excluding hydrogens is 386 g/mol. The number of ether oxygens (including phenoxy) is 3. The summed E-state index contributed by atoms with van der Waals surface area (Å²) in [5.41, 5.74) is 2.49. The third kappa shape index (κ3) is 5.15. The Hall–Kier alpha value is -2.86. The van der Waals surface area contributed by atoms with Crippen LogP contribution in [0.4, 0.5) is 0 Å². The maximum absolute atomic E-state index is 12.6. The quantitative estimate of drug-likeness (QED) is 0.416. The van der Waals surface area contributed by atoms with Crippen LogP contribution < -0.4 is 14.2 Å². The lowest BCUT2D eigenvalue weighted by Gasteiger charge is -2.11. The van der Waals surface area contributed by atoms with Crippen molar-refractivity contribution < 1.29 is 19.0 Å². The number of para-hydroxylation sites is 1. The monoisotopic (exact) mass is 411 g/mol. The van der Waals surface area contributed by atoms with E-state index in [0.717, 1.165) is 27.8 Å². The molecule has 0 amide bonds. The molecule has 0 fully saturated rings. The molecule has 0 saturated heterocycles. The highest BCUT2D eigenvalue weighted by atomic mass is 32.1. The molecule has 2 aromatic carbocycles. The average molecular weight is 412 g/mol. The summed E-state index contributed by atoms with van der Waals surface area (Å²) in [6.45, 7) is 5.05. The fourth-order valence-electron chi connectivity index (χ4n) is 2.99. The van der Waals surface area contributed by atoms with Crippen LogP contribution in [0.5, 0.6) is 17.2 Å². The maximum Gasteiger partial charge on any atom is 0.166 e. The highest BCUT2D eigenvalue weighted by molar-refractivity contribution is 7.13. The van der Waals surface area contributed by atoms with Crippen molar-refractivity contribution in [3.63, 3.8) is 0 Å². The predicted molar refractivity (Wildman–Crippen MR) is 116 cm³/mol. The van der Waals surface area contributed by atoms with Crippen LogP contribution in [-0.2, 0) is 6.42 Å². The number of hydrogen-bond acceptors (Lipinski definition) is 6. The minimum atomic E-state index is 0.0525. The van der Waals surface area contributed by atoms with Crippen molar-refractivity contribution >= 4 is 17.1 Å². The van der Waals surface area contributed by atoms with Crippen LogP contribution in [0.1, 0.15) is 36.3 Å². The Morgan fingerprint density at radius 2 is 1.76 bits per heavy atom. The molecule has 1 heterocycles. The Labute approximate surface area is 175 Å². The van der Waals surface area contributed by atoms with Gasteiger partial charge in [0.15, 0.2) is 17.3 Å². The molecular formula is C23H25NO4S. The molecule has 5 nitrogen and oxygen atoms in total. The van der Waals surface area contributed by atoms with Crippen LogP contribution in [0.15, 0.2) is 47.8 Å². The molecule has 0 saturated carbocycles. The highest BCUT2D eigenvalue weighted by Crippen LogP contribution is 2.34. The van der Waals surface area contributed by atoms with Crippen molar-refractivity contribution in [1.29, 1.82) is 0 Å². The number of methoxy groups -OCH3 is 1. The molecule has 6 heteroatoms. The van der Waals surface area contributed by atoms with Crippen LogP contribution in [0, 0.1) is 0 Å². The van der Waals surface area contributed by atoms with Gasteiger partial charge in [0.1, 0.15) is 10.8 Å². The number of aryl methyl sites for hydroxylation is 1. The number of rotatable bonds is 10. The third-order valence-electron chi connectivity index (χ3n) is 4.36. The highest BCUT2D eigenvalue weighted by Gasteiger charge is 2.14. The van der Waals surface area contributed by atoms with Crippen molar-refractivity contribution in [2.75, 3.05) is 20.3 Å². The lowest BCUT2D eigenvalue weighted by Crippen LogP contribution is -2.03. The van der Waals surface area contributed by atoms with Gasteiger partial charge in [-0.25, -0.2) is 4.98 Å². The van der Waals surface area contributed by atoms with E-state index in [4.69, 9.17) is 19.2 Å². The van der Waals surface area contributed by atoms with E-state index in [1.54, 1.807) is 30.6 Å². The second-order valence-corrected chi connectivity index (χ2v) is 7.15. The van der Waals surface area contributed by atoms with Crippen LogP contribution in [0.3, 0.4) is 0 Å². The first-order valence-electron chi connectivity index (χ1n) is 9.66. The van der Waals surface area contributed by atoms with E-state index >= 15 is 0 Å². The number of ketones is 1. The molecule has 3 rings (SSSR count). The van der Waals surface area contributed by atoms with Crippen LogP contribution in [0.25, 0.3) is 10.6 Å². The molecule has 0 N–H and O–H groups in total. The van der Waals surface area contributed by atoms with E-state index in [2.05, 4.69) is 0 Å². The molecule has 1 aromatic heterocycles. The number of nitrogens with zero attached hydrogens (tertiary/aromatic N) is 1. The Morgan fingerprint density at radius 3 is 2.52 bits per heavy atom. The molecule has 0 atom stereocenters. The Morgan fingerprint density at radius 1 is 1.00 bits per heavy atom. The van der Waals surface area contributed by atoms with Crippen LogP contribution in [0.2, 0.25) is 0 Å². The largest absolute Gasteiger partial charge is 0.496 e. The van der Waals surface area contributed by atoms with Gasteiger partial charge in [0.25, 0.3) is 0 Å². The molecule has 3 aromatic rings. The lowest BCUT2D eigenvalue weighted by molar-refractivity contribution is 0.0979. The van der Waals surface area contributed by atoms with Crippen molar-refractivity contribution in [1.82, 2.24) is 4.98 Å². The average Bonchev–Trinajstić information content (AvgIpc) is 3.22. The number of benzene rings is 2. The fourth-order valence-corrected chi connectivity index (χ4v) is 3.84. The summed E-state index contributed by atoms with van der Waals surface area (Å²) in [7, 11) is 1.58. The second kappa shape index (κ2) is 10.1. The van der Waals surface area contributed by atoms with Gasteiger partial charge >= 0.3 is 0 Å². The number of carbonyl (C=O) groups is 1. The van der Waals surface area contributed by atoms with Gasteiger partial charge in [-0.3, -0.25) is 4.79 Å². The van der Waals surface area contributed by atoms with Crippen LogP contribution >= 0.6 is 11.3 Å². The standard InChI is InChI=1S/C23H25NO4S/c1-4-27-21-13-10-16(14-22(21)28-5-2)23-24-17(15-29-23)11-12-19(25)18-8-6-7-9-20(18)26-3/h6-10,13-15H,4-5,11-12H2,1-3H3. The van der Waals surface area contributed by atoms with Gasteiger partial charge in [-0.1, -0.05) is 12.1 Å². The lowest BCUT2D eigenvalue weighted by atomic mass is 10.0. The Bertz CT molecular complexity index is 967. The number of thiazole rings is 1. The van der Waals surface area contributed by atoms with Gasteiger partial charge < -0.3 is 14.2 Å². The van der Waals surface area contributed by atoms with Gasteiger partial charge in [0.2, 0.25) is 0 Å². The molecule has 0 unspecified atom stereocenters. The van der Waals surface area contributed by atoms with E-state index < -0.39 is 0 Å². The number of aromatic nitrogens is 1. The first-order valence-corrected chi connectivity index (χ1v) is 10.5. The van der Waals surface area contributed by atoms with E-state index in [9.17, 15) is 4.79 Å². The SMILES string of the molecule is CCOc1ccc(-c2nc(CCC(=O)c3ccccc3OC)cs2)cc1OCC. The predicted octanol–water partition coefficient (Wildman–Crippen LogP) is 5.43. The molecule has 0 aliphatic rings. The summed E-state index contributed by atoms with van der Waals surface area (Å²) >= 11 is 1.56. The Balaban J connectivity index is 1.71. The molecule has 0 spiro atoms. The van der Waals surface area contributed by atoms with Gasteiger partial charge in [0, 0.05) is 17.4 Å². The number of Topliss-reactive ketones (excluding diaryl/α,β-unsaturated/α-hetero) is 1. The van der Waals surface area contributed by atoms with E-state index in [-0.39, 0.29) is 5.78 Å². The minimum Gasteiger partial charge on any atom is -0.496 e. The zero-order chi connectivity index (χ0) is 20.6. The topological polar surface area (TPSA) is 57.7 Å². The zero-order valence-corrected chi connectivity index (χ0v) is 17.8. The molecule has 0 radical (unpaired) electrons. The third-order valence-corrected chi connectivity index (χ3v) is 5.30. The van der Waals surface area contributed by atoms with Gasteiger partial charge in [0.05, 0.1) is 31.6 Å². The maximum atomic E-state index is 12.6. The van der Waals surface area contributed by atoms with Crippen molar-refractivity contribution in [3.8, 4) is 27.8 Å². The summed E-state index contributed by atoms with van der Waals surface area (Å²) in [6, 6.07) is 13.1.